The van der Waals surface area contributed by atoms with Gasteiger partial charge in [0.15, 0.2) is 0 Å². The van der Waals surface area contributed by atoms with Crippen LogP contribution in [0.3, 0.4) is 0 Å². The molecule has 1 aromatic heterocycles. The van der Waals surface area contributed by atoms with Crippen LogP contribution in [0.25, 0.3) is 0 Å². The highest BCUT2D eigenvalue weighted by Crippen LogP contribution is 2.43. The van der Waals surface area contributed by atoms with Gasteiger partial charge in [0.05, 0.1) is 11.0 Å². The summed E-state index contributed by atoms with van der Waals surface area (Å²) in [5.41, 5.74) is 1.20. The Bertz CT molecular complexity index is 617. The molecular formula is C17H18N2O2. The molecule has 1 fully saturated rings. The van der Waals surface area contributed by atoms with Gasteiger partial charge in [-0.25, -0.2) is 14.8 Å². The van der Waals surface area contributed by atoms with Crippen LogP contribution in [0.4, 0.5) is 0 Å². The van der Waals surface area contributed by atoms with E-state index in [0.717, 1.165) is 31.5 Å². The fraction of sp³-hybridized carbons (Fsp3) is 0.353. The summed E-state index contributed by atoms with van der Waals surface area (Å²) in [4.78, 5) is 19.7. The van der Waals surface area contributed by atoms with E-state index in [1.54, 1.807) is 0 Å². The zero-order valence-corrected chi connectivity index (χ0v) is 11.8. The maximum Gasteiger partial charge on any atom is 0.338 e. The molecule has 0 unspecified atom stereocenters. The van der Waals surface area contributed by atoms with Gasteiger partial charge in [0.2, 0.25) is 0 Å². The smallest absolute Gasteiger partial charge is 0.338 e. The first-order chi connectivity index (χ1) is 10.2. The quantitative estimate of drug-likeness (QED) is 0.936. The largest absolute Gasteiger partial charge is 0.478 e. The number of hydrogen-bond donors (Lipinski definition) is 1. The van der Waals surface area contributed by atoms with E-state index in [0.29, 0.717) is 0 Å². The molecule has 1 aromatic carbocycles. The number of aromatic nitrogens is 2. The van der Waals surface area contributed by atoms with Crippen LogP contribution in [0, 0.1) is 0 Å². The van der Waals surface area contributed by atoms with Crippen LogP contribution in [-0.4, -0.2) is 21.0 Å². The van der Waals surface area contributed by atoms with Gasteiger partial charge in [0.1, 0.15) is 5.82 Å². The van der Waals surface area contributed by atoms with Gasteiger partial charge in [-0.1, -0.05) is 49.6 Å². The molecule has 0 radical (unpaired) electrons. The van der Waals surface area contributed by atoms with Gasteiger partial charge in [0, 0.05) is 12.4 Å². The van der Waals surface area contributed by atoms with Crippen molar-refractivity contribution in [3.05, 3.63) is 59.7 Å². The number of nitrogens with zero attached hydrogens (tertiary/aromatic N) is 2. The third-order valence-electron chi connectivity index (χ3n) is 4.36. The molecular weight excluding hydrogens is 264 g/mol. The first-order valence-electron chi connectivity index (χ1n) is 7.34. The minimum Gasteiger partial charge on any atom is -0.478 e. The molecule has 108 valence electrons. The third kappa shape index (κ3) is 2.53. The summed E-state index contributed by atoms with van der Waals surface area (Å²) in [6.07, 6.45) is 8.42. The molecule has 0 bridgehead atoms. The topological polar surface area (TPSA) is 63.1 Å². The molecule has 2 aromatic rings. The lowest BCUT2D eigenvalue weighted by Gasteiger charge is -2.36. The van der Waals surface area contributed by atoms with Crippen molar-refractivity contribution < 1.29 is 9.90 Å². The predicted molar refractivity (Wildman–Crippen MR) is 79.3 cm³/mol. The van der Waals surface area contributed by atoms with Gasteiger partial charge in [-0.15, -0.1) is 0 Å². The number of aromatic carboxylic acids is 1. The van der Waals surface area contributed by atoms with Gasteiger partial charge in [-0.3, -0.25) is 0 Å². The number of carboxylic acids is 1. The van der Waals surface area contributed by atoms with Crippen molar-refractivity contribution in [2.24, 2.45) is 0 Å². The maximum atomic E-state index is 11.0. The van der Waals surface area contributed by atoms with Gasteiger partial charge in [0.25, 0.3) is 0 Å². The second-order valence-electron chi connectivity index (χ2n) is 5.61. The Balaban J connectivity index is 2.05. The van der Waals surface area contributed by atoms with Crippen molar-refractivity contribution in [2.75, 3.05) is 0 Å². The average molecular weight is 282 g/mol. The molecule has 0 saturated heterocycles. The van der Waals surface area contributed by atoms with E-state index < -0.39 is 5.97 Å². The Morgan fingerprint density at radius 3 is 2.19 bits per heavy atom. The highest BCUT2D eigenvalue weighted by molar-refractivity contribution is 5.86. The Morgan fingerprint density at radius 2 is 1.62 bits per heavy atom. The van der Waals surface area contributed by atoms with Crippen molar-refractivity contribution in [3.63, 3.8) is 0 Å². The van der Waals surface area contributed by atoms with Crippen molar-refractivity contribution >= 4 is 5.97 Å². The highest BCUT2D eigenvalue weighted by atomic mass is 16.4. The van der Waals surface area contributed by atoms with Crippen molar-refractivity contribution in [2.45, 2.75) is 37.5 Å². The summed E-state index contributed by atoms with van der Waals surface area (Å²) in [6.45, 7) is 0. The number of carboxylic acid groups (broad SMARTS) is 1. The summed E-state index contributed by atoms with van der Waals surface area (Å²) in [5.74, 6) is -0.239. The SMILES string of the molecule is O=C(O)c1cnc(C2(c3ccccc3)CCCCC2)nc1. The minimum atomic E-state index is -0.987. The lowest BCUT2D eigenvalue weighted by molar-refractivity contribution is 0.0695. The molecule has 0 amide bonds. The Kier molecular flexibility index (Phi) is 3.69. The molecule has 4 nitrogen and oxygen atoms in total. The van der Waals surface area contributed by atoms with E-state index in [4.69, 9.17) is 5.11 Å². The van der Waals surface area contributed by atoms with Gasteiger partial charge < -0.3 is 5.11 Å². The second-order valence-corrected chi connectivity index (χ2v) is 5.61. The summed E-state index contributed by atoms with van der Waals surface area (Å²) in [7, 11) is 0. The fourth-order valence-corrected chi connectivity index (χ4v) is 3.24. The molecule has 0 spiro atoms. The highest BCUT2D eigenvalue weighted by Gasteiger charge is 2.38. The molecule has 1 N–H and O–H groups in total. The molecule has 21 heavy (non-hydrogen) atoms. The van der Waals surface area contributed by atoms with E-state index in [9.17, 15) is 4.79 Å². The summed E-state index contributed by atoms with van der Waals surface area (Å²) < 4.78 is 0. The first-order valence-corrected chi connectivity index (χ1v) is 7.34. The molecule has 1 heterocycles. The second kappa shape index (κ2) is 5.64. The van der Waals surface area contributed by atoms with Crippen LogP contribution in [0.2, 0.25) is 0 Å². The average Bonchev–Trinajstić information content (AvgIpc) is 2.56. The van der Waals surface area contributed by atoms with Crippen LogP contribution in [0.15, 0.2) is 42.7 Å². The Morgan fingerprint density at radius 1 is 1.00 bits per heavy atom. The summed E-state index contributed by atoms with van der Waals surface area (Å²) in [5, 5.41) is 8.99. The molecule has 1 aliphatic rings. The lowest BCUT2D eigenvalue weighted by Crippen LogP contribution is -2.32. The van der Waals surface area contributed by atoms with E-state index in [1.165, 1.54) is 24.4 Å². The van der Waals surface area contributed by atoms with Crippen molar-refractivity contribution in [3.8, 4) is 0 Å². The van der Waals surface area contributed by atoms with Crippen LogP contribution in [0.1, 0.15) is 53.8 Å². The monoisotopic (exact) mass is 282 g/mol. The number of benzene rings is 1. The zero-order valence-electron chi connectivity index (χ0n) is 11.8. The van der Waals surface area contributed by atoms with Crippen molar-refractivity contribution in [1.82, 2.24) is 9.97 Å². The fourth-order valence-electron chi connectivity index (χ4n) is 3.24. The normalized spacial score (nSPS) is 17.3. The summed E-state index contributed by atoms with van der Waals surface area (Å²) in [6, 6.07) is 10.3. The van der Waals surface area contributed by atoms with E-state index in [1.807, 2.05) is 18.2 Å². The van der Waals surface area contributed by atoms with E-state index >= 15 is 0 Å². The number of hydrogen-bond acceptors (Lipinski definition) is 3. The summed E-state index contributed by atoms with van der Waals surface area (Å²) >= 11 is 0. The van der Waals surface area contributed by atoms with Gasteiger partial charge in [-0.05, 0) is 18.4 Å². The Hall–Kier alpha value is -2.23. The van der Waals surface area contributed by atoms with Crippen LogP contribution in [0.5, 0.6) is 0 Å². The maximum absolute atomic E-state index is 11.0. The van der Waals surface area contributed by atoms with Crippen LogP contribution in [-0.2, 0) is 5.41 Å². The van der Waals surface area contributed by atoms with Gasteiger partial charge in [-0.2, -0.15) is 0 Å². The molecule has 3 rings (SSSR count). The van der Waals surface area contributed by atoms with E-state index in [-0.39, 0.29) is 11.0 Å². The van der Waals surface area contributed by atoms with Gasteiger partial charge >= 0.3 is 5.97 Å². The number of carbonyl (C=O) groups is 1. The van der Waals surface area contributed by atoms with Crippen molar-refractivity contribution in [1.29, 1.82) is 0 Å². The Labute approximate surface area is 123 Å². The van der Waals surface area contributed by atoms with Crippen LogP contribution < -0.4 is 0 Å². The first kappa shape index (κ1) is 13.7. The molecule has 1 aliphatic carbocycles. The van der Waals surface area contributed by atoms with Crippen LogP contribution >= 0.6 is 0 Å². The molecule has 4 heteroatoms. The molecule has 1 saturated carbocycles. The standard InChI is InChI=1S/C17H18N2O2/c20-15(21)13-11-18-16(19-12-13)17(9-5-2-6-10-17)14-7-3-1-4-8-14/h1,3-4,7-8,11-12H,2,5-6,9-10H2,(H,20,21). The number of rotatable bonds is 3. The minimum absolute atomic E-state index is 0.137. The predicted octanol–water partition coefficient (Wildman–Crippen LogP) is 3.43. The molecule has 0 aliphatic heterocycles. The zero-order chi connectivity index (χ0) is 14.7. The third-order valence-corrected chi connectivity index (χ3v) is 4.36. The van der Waals surface area contributed by atoms with E-state index in [2.05, 4.69) is 22.1 Å². The lowest BCUT2D eigenvalue weighted by atomic mass is 9.69. The molecule has 0 atom stereocenters.